The Morgan fingerprint density at radius 2 is 2.13 bits per heavy atom. The average Bonchev–Trinajstić information content (AvgIpc) is 3.18. The first-order valence-electron chi connectivity index (χ1n) is 8.44. The molecule has 124 valence electrons. The summed E-state index contributed by atoms with van der Waals surface area (Å²) in [5, 5.41) is 17.5. The first kappa shape index (κ1) is 16.1. The Labute approximate surface area is 137 Å². The summed E-state index contributed by atoms with van der Waals surface area (Å²) < 4.78 is 5.78. The Morgan fingerprint density at radius 3 is 2.87 bits per heavy atom. The second-order valence-corrected chi connectivity index (χ2v) is 6.49. The molecule has 5 heteroatoms. The van der Waals surface area contributed by atoms with Gasteiger partial charge in [0.2, 0.25) is 11.8 Å². The molecule has 0 saturated heterocycles. The minimum Gasteiger partial charge on any atom is -0.424 e. The van der Waals surface area contributed by atoms with Crippen molar-refractivity contribution in [2.75, 3.05) is 13.2 Å². The second-order valence-electron chi connectivity index (χ2n) is 6.49. The molecule has 3 rings (SSSR count). The largest absolute Gasteiger partial charge is 0.424 e. The van der Waals surface area contributed by atoms with E-state index in [9.17, 15) is 5.11 Å². The molecule has 1 heterocycles. The maximum Gasteiger partial charge on any atom is 0.230 e. The van der Waals surface area contributed by atoms with E-state index in [2.05, 4.69) is 39.4 Å². The van der Waals surface area contributed by atoms with Crippen molar-refractivity contribution in [2.24, 2.45) is 0 Å². The lowest BCUT2D eigenvalue weighted by atomic mass is 10.1. The van der Waals surface area contributed by atoms with Crippen LogP contribution in [-0.2, 0) is 13.0 Å². The van der Waals surface area contributed by atoms with Crippen LogP contribution in [0.5, 0.6) is 0 Å². The molecule has 1 aliphatic rings. The molecule has 0 fully saturated rings. The highest BCUT2D eigenvalue weighted by Crippen LogP contribution is 2.36. The lowest BCUT2D eigenvalue weighted by Crippen LogP contribution is -2.29. The Kier molecular flexibility index (Phi) is 5.08. The Bertz CT molecular complexity index is 639. The van der Waals surface area contributed by atoms with Crippen LogP contribution < -0.4 is 0 Å². The maximum absolute atomic E-state index is 9.22. The molecule has 1 aromatic carbocycles. The molecule has 0 aliphatic heterocycles. The van der Waals surface area contributed by atoms with Crippen LogP contribution in [-0.4, -0.2) is 33.4 Å². The minimum absolute atomic E-state index is 0.200. The summed E-state index contributed by atoms with van der Waals surface area (Å²) in [6, 6.07) is 9.00. The zero-order valence-corrected chi connectivity index (χ0v) is 13.9. The number of aromatic nitrogens is 2. The van der Waals surface area contributed by atoms with Crippen molar-refractivity contribution in [3.8, 4) is 0 Å². The number of rotatable bonds is 7. The standard InChI is InChI=1S/C18H25N3O2/c1-13(2)18-20-19-17(23-18)12-21(10-5-11-22)16-9-8-14-6-3-4-7-15(14)16/h3-4,6-7,13,16,22H,5,8-12H2,1-2H3/t16-/m1/s1. The van der Waals surface area contributed by atoms with E-state index in [-0.39, 0.29) is 12.5 Å². The molecule has 1 atom stereocenters. The molecule has 0 bridgehead atoms. The van der Waals surface area contributed by atoms with E-state index in [0.717, 1.165) is 25.8 Å². The third-order valence-corrected chi connectivity index (χ3v) is 4.46. The summed E-state index contributed by atoms with van der Waals surface area (Å²) in [5.41, 5.74) is 2.83. The fourth-order valence-corrected chi connectivity index (χ4v) is 3.27. The van der Waals surface area contributed by atoms with Crippen molar-refractivity contribution in [3.05, 3.63) is 47.2 Å². The van der Waals surface area contributed by atoms with E-state index in [1.807, 2.05) is 13.8 Å². The Morgan fingerprint density at radius 1 is 1.30 bits per heavy atom. The van der Waals surface area contributed by atoms with Gasteiger partial charge >= 0.3 is 0 Å². The van der Waals surface area contributed by atoms with Gasteiger partial charge in [-0.1, -0.05) is 38.1 Å². The molecule has 1 N–H and O–H groups in total. The minimum atomic E-state index is 0.200. The van der Waals surface area contributed by atoms with Gasteiger partial charge < -0.3 is 9.52 Å². The molecule has 1 aliphatic carbocycles. The molecule has 23 heavy (non-hydrogen) atoms. The molecule has 2 aromatic rings. The molecule has 0 saturated carbocycles. The van der Waals surface area contributed by atoms with Crippen molar-refractivity contribution < 1.29 is 9.52 Å². The van der Waals surface area contributed by atoms with Crippen LogP contribution in [0.25, 0.3) is 0 Å². The lowest BCUT2D eigenvalue weighted by Gasteiger charge is -2.28. The van der Waals surface area contributed by atoms with E-state index in [0.29, 0.717) is 24.4 Å². The predicted molar refractivity (Wildman–Crippen MR) is 88.0 cm³/mol. The lowest BCUT2D eigenvalue weighted by molar-refractivity contribution is 0.151. The average molecular weight is 315 g/mol. The van der Waals surface area contributed by atoms with Gasteiger partial charge in [0.05, 0.1) is 6.54 Å². The van der Waals surface area contributed by atoms with Gasteiger partial charge in [0.1, 0.15) is 0 Å². The number of nitrogens with zero attached hydrogens (tertiary/aromatic N) is 3. The number of hydrogen-bond acceptors (Lipinski definition) is 5. The quantitative estimate of drug-likeness (QED) is 0.851. The summed E-state index contributed by atoms with van der Waals surface area (Å²) in [4.78, 5) is 2.36. The number of benzene rings is 1. The van der Waals surface area contributed by atoms with Crippen molar-refractivity contribution >= 4 is 0 Å². The van der Waals surface area contributed by atoms with Crippen molar-refractivity contribution in [1.29, 1.82) is 0 Å². The molecule has 1 aromatic heterocycles. The van der Waals surface area contributed by atoms with Crippen LogP contribution in [0.2, 0.25) is 0 Å². The van der Waals surface area contributed by atoms with Gasteiger partial charge in [0, 0.05) is 25.1 Å². The van der Waals surface area contributed by atoms with Crippen LogP contribution in [0.3, 0.4) is 0 Å². The number of aryl methyl sites for hydroxylation is 1. The number of aliphatic hydroxyl groups excluding tert-OH is 1. The van der Waals surface area contributed by atoms with Crippen LogP contribution in [0.15, 0.2) is 28.7 Å². The summed E-state index contributed by atoms with van der Waals surface area (Å²) in [7, 11) is 0. The number of aliphatic hydroxyl groups is 1. The van der Waals surface area contributed by atoms with Gasteiger partial charge in [-0.2, -0.15) is 0 Å². The Hall–Kier alpha value is -1.72. The van der Waals surface area contributed by atoms with Crippen LogP contribution in [0.1, 0.15) is 61.6 Å². The van der Waals surface area contributed by atoms with Crippen molar-refractivity contribution in [1.82, 2.24) is 15.1 Å². The van der Waals surface area contributed by atoms with Crippen LogP contribution in [0.4, 0.5) is 0 Å². The highest BCUT2D eigenvalue weighted by molar-refractivity contribution is 5.34. The van der Waals surface area contributed by atoms with Crippen molar-refractivity contribution in [2.45, 2.75) is 51.6 Å². The fraction of sp³-hybridized carbons (Fsp3) is 0.556. The van der Waals surface area contributed by atoms with E-state index >= 15 is 0 Å². The molecule has 0 unspecified atom stereocenters. The summed E-state index contributed by atoms with van der Waals surface area (Å²) >= 11 is 0. The smallest absolute Gasteiger partial charge is 0.230 e. The van der Waals surface area contributed by atoms with Gasteiger partial charge in [-0.05, 0) is 30.4 Å². The highest BCUT2D eigenvalue weighted by Gasteiger charge is 2.28. The van der Waals surface area contributed by atoms with Crippen LogP contribution >= 0.6 is 0 Å². The molecule has 0 spiro atoms. The predicted octanol–water partition coefficient (Wildman–Crippen LogP) is 3.06. The highest BCUT2D eigenvalue weighted by atomic mass is 16.4. The van der Waals surface area contributed by atoms with Gasteiger partial charge in [-0.25, -0.2) is 0 Å². The van der Waals surface area contributed by atoms with Gasteiger partial charge in [0.15, 0.2) is 0 Å². The fourth-order valence-electron chi connectivity index (χ4n) is 3.27. The first-order chi connectivity index (χ1) is 11.2. The van der Waals surface area contributed by atoms with Crippen molar-refractivity contribution in [3.63, 3.8) is 0 Å². The molecular formula is C18H25N3O2. The van der Waals surface area contributed by atoms with Gasteiger partial charge in [0.25, 0.3) is 0 Å². The normalized spacial score (nSPS) is 17.2. The third kappa shape index (κ3) is 3.62. The molecule has 0 amide bonds. The van der Waals surface area contributed by atoms with Crippen LogP contribution in [0, 0.1) is 0 Å². The SMILES string of the molecule is CC(C)c1nnc(CN(CCCO)[C@@H]2CCc3ccccc32)o1. The number of hydrogen-bond donors (Lipinski definition) is 1. The maximum atomic E-state index is 9.22. The van der Waals surface area contributed by atoms with E-state index in [4.69, 9.17) is 4.42 Å². The third-order valence-electron chi connectivity index (χ3n) is 4.46. The van der Waals surface area contributed by atoms with E-state index in [1.54, 1.807) is 0 Å². The summed E-state index contributed by atoms with van der Waals surface area (Å²) in [6.45, 7) is 5.77. The second kappa shape index (κ2) is 7.23. The molecule has 0 radical (unpaired) electrons. The van der Waals surface area contributed by atoms with Gasteiger partial charge in [-0.3, -0.25) is 4.90 Å². The zero-order chi connectivity index (χ0) is 16.2. The van der Waals surface area contributed by atoms with Gasteiger partial charge in [-0.15, -0.1) is 10.2 Å². The Balaban J connectivity index is 1.78. The number of fused-ring (bicyclic) bond motifs is 1. The topological polar surface area (TPSA) is 62.4 Å². The zero-order valence-electron chi connectivity index (χ0n) is 13.9. The molecule has 5 nitrogen and oxygen atoms in total. The summed E-state index contributed by atoms with van der Waals surface area (Å²) in [6.07, 6.45) is 2.97. The van der Waals surface area contributed by atoms with E-state index in [1.165, 1.54) is 11.1 Å². The monoisotopic (exact) mass is 315 g/mol. The molecular weight excluding hydrogens is 290 g/mol. The first-order valence-corrected chi connectivity index (χ1v) is 8.44. The van der Waals surface area contributed by atoms with E-state index < -0.39 is 0 Å². The summed E-state index contributed by atoms with van der Waals surface area (Å²) in [5.74, 6) is 1.60.